The summed E-state index contributed by atoms with van der Waals surface area (Å²) in [6.07, 6.45) is 0.734. The van der Waals surface area contributed by atoms with Crippen LogP contribution in [0, 0.1) is 5.92 Å². The maximum Gasteiger partial charge on any atom is 0.328 e. The van der Waals surface area contributed by atoms with E-state index in [1.54, 1.807) is 30.2 Å². The number of nitrogens with one attached hydrogen (secondary N) is 2. The minimum atomic E-state index is -0.864. The van der Waals surface area contributed by atoms with E-state index in [1.165, 1.54) is 7.11 Å². The van der Waals surface area contributed by atoms with Crippen LogP contribution in [0.3, 0.4) is 0 Å². The first-order valence-electron chi connectivity index (χ1n) is 14.6. The molecule has 0 unspecified atom stereocenters. The van der Waals surface area contributed by atoms with Crippen molar-refractivity contribution in [3.8, 4) is 0 Å². The predicted molar refractivity (Wildman–Crippen MR) is 169 cm³/mol. The standard InChI is InChI=1S/C33H37N5O6S/c1-21-28(19-45-33-37-34-20-38(33)2)43-31(44-29(21)24-14-12-23(18-39)13-15-24)25-10-7-11-26(17-25)35-32(41)36-27(30(40)42-3)16-22-8-5-4-6-9-22/h4-15,17,20-21,27-29,31,39H,16,18-19H2,1-3H3,(H2,35,36,41)/t21-,27+,28+,29+,31+/m1/s1. The monoisotopic (exact) mass is 631 g/mol. The van der Waals surface area contributed by atoms with Crippen molar-refractivity contribution in [3.05, 3.63) is 107 Å². The van der Waals surface area contributed by atoms with E-state index >= 15 is 0 Å². The molecule has 1 fully saturated rings. The second-order valence-corrected chi connectivity index (χ2v) is 11.8. The fourth-order valence-electron chi connectivity index (χ4n) is 5.14. The zero-order valence-electron chi connectivity index (χ0n) is 25.3. The number of methoxy groups -OCH3 is 1. The van der Waals surface area contributed by atoms with Crippen LogP contribution in [0.5, 0.6) is 0 Å². The van der Waals surface area contributed by atoms with Crippen molar-refractivity contribution in [1.29, 1.82) is 0 Å². The molecule has 0 radical (unpaired) electrons. The van der Waals surface area contributed by atoms with Gasteiger partial charge in [0, 0.05) is 36.4 Å². The van der Waals surface area contributed by atoms with Crippen molar-refractivity contribution in [2.24, 2.45) is 13.0 Å². The second kappa shape index (κ2) is 15.2. The predicted octanol–water partition coefficient (Wildman–Crippen LogP) is 4.80. The second-order valence-electron chi connectivity index (χ2n) is 10.8. The number of urea groups is 1. The van der Waals surface area contributed by atoms with Crippen molar-refractivity contribution in [2.75, 3.05) is 18.2 Å². The number of aromatic nitrogens is 3. The van der Waals surface area contributed by atoms with Crippen LogP contribution in [0.15, 0.2) is 90.3 Å². The summed E-state index contributed by atoms with van der Waals surface area (Å²) in [4.78, 5) is 25.4. The molecule has 2 heterocycles. The van der Waals surface area contributed by atoms with Crippen LogP contribution in [0.25, 0.3) is 0 Å². The minimum absolute atomic E-state index is 0.00564. The molecule has 0 saturated carbocycles. The van der Waals surface area contributed by atoms with Crippen molar-refractivity contribution >= 4 is 29.4 Å². The average Bonchev–Trinajstić information content (AvgIpc) is 3.48. The number of esters is 1. The third-order valence-electron chi connectivity index (χ3n) is 7.66. The molecule has 0 aliphatic carbocycles. The molecule has 3 aromatic carbocycles. The lowest BCUT2D eigenvalue weighted by Crippen LogP contribution is -2.45. The summed E-state index contributed by atoms with van der Waals surface area (Å²) in [5.74, 6) is 0.0771. The van der Waals surface area contributed by atoms with Gasteiger partial charge in [0.1, 0.15) is 12.4 Å². The number of aliphatic hydroxyl groups is 1. The molecule has 236 valence electrons. The molecule has 5 atom stereocenters. The Kier molecular flexibility index (Phi) is 10.8. The normalized spacial score (nSPS) is 20.3. The van der Waals surface area contributed by atoms with E-state index in [-0.39, 0.29) is 31.2 Å². The Bertz CT molecular complexity index is 1570. The van der Waals surface area contributed by atoms with E-state index in [0.717, 1.165) is 27.4 Å². The Hall–Kier alpha value is -4.23. The summed E-state index contributed by atoms with van der Waals surface area (Å²) in [6.45, 7) is 2.06. The van der Waals surface area contributed by atoms with Gasteiger partial charge < -0.3 is 34.5 Å². The first kappa shape index (κ1) is 32.2. The molecule has 1 aliphatic heterocycles. The molecule has 5 rings (SSSR count). The van der Waals surface area contributed by atoms with E-state index in [0.29, 0.717) is 11.4 Å². The molecule has 45 heavy (non-hydrogen) atoms. The molecule has 4 aromatic rings. The van der Waals surface area contributed by atoms with E-state index in [9.17, 15) is 14.7 Å². The van der Waals surface area contributed by atoms with Gasteiger partial charge in [0.25, 0.3) is 0 Å². The molecule has 1 aliphatic rings. The van der Waals surface area contributed by atoms with Crippen LogP contribution in [-0.4, -0.2) is 56.9 Å². The molecule has 0 bridgehead atoms. The Morgan fingerprint density at radius 3 is 2.49 bits per heavy atom. The zero-order chi connectivity index (χ0) is 31.8. The number of aliphatic hydroxyl groups excluding tert-OH is 1. The highest BCUT2D eigenvalue weighted by Crippen LogP contribution is 2.43. The van der Waals surface area contributed by atoms with Crippen molar-refractivity contribution < 1.29 is 28.9 Å². The topological polar surface area (TPSA) is 137 Å². The number of amides is 2. The maximum atomic E-state index is 13.0. The molecule has 2 amide bonds. The average molecular weight is 632 g/mol. The number of rotatable bonds is 11. The molecule has 1 aromatic heterocycles. The Balaban J connectivity index is 1.32. The number of carbonyl (C=O) groups excluding carboxylic acids is 2. The number of anilines is 1. The summed E-state index contributed by atoms with van der Waals surface area (Å²) in [7, 11) is 3.19. The summed E-state index contributed by atoms with van der Waals surface area (Å²) >= 11 is 1.56. The van der Waals surface area contributed by atoms with Gasteiger partial charge >= 0.3 is 12.0 Å². The smallest absolute Gasteiger partial charge is 0.328 e. The van der Waals surface area contributed by atoms with Gasteiger partial charge in [0.05, 0.1) is 25.9 Å². The summed E-state index contributed by atoms with van der Waals surface area (Å²) in [5, 5.41) is 24.0. The Morgan fingerprint density at radius 2 is 1.80 bits per heavy atom. The van der Waals surface area contributed by atoms with Gasteiger partial charge in [-0.2, -0.15) is 0 Å². The van der Waals surface area contributed by atoms with Gasteiger partial charge in [-0.3, -0.25) is 0 Å². The Morgan fingerprint density at radius 1 is 1.02 bits per heavy atom. The van der Waals surface area contributed by atoms with Crippen LogP contribution in [0.4, 0.5) is 10.5 Å². The zero-order valence-corrected chi connectivity index (χ0v) is 26.1. The first-order chi connectivity index (χ1) is 21.8. The quantitative estimate of drug-likeness (QED) is 0.158. The number of nitrogens with zero attached hydrogens (tertiary/aromatic N) is 3. The van der Waals surface area contributed by atoms with Gasteiger partial charge in [0.2, 0.25) is 0 Å². The fraction of sp³-hybridized carbons (Fsp3) is 0.333. The highest BCUT2D eigenvalue weighted by molar-refractivity contribution is 7.99. The van der Waals surface area contributed by atoms with Gasteiger partial charge in [0.15, 0.2) is 11.4 Å². The number of benzene rings is 3. The number of ether oxygens (including phenoxy) is 3. The third kappa shape index (κ3) is 8.28. The van der Waals surface area contributed by atoms with E-state index in [2.05, 4.69) is 27.8 Å². The minimum Gasteiger partial charge on any atom is -0.467 e. The van der Waals surface area contributed by atoms with E-state index in [1.807, 2.05) is 78.3 Å². The van der Waals surface area contributed by atoms with Crippen molar-refractivity contribution in [3.63, 3.8) is 0 Å². The maximum absolute atomic E-state index is 13.0. The Labute approximate surface area is 266 Å². The first-order valence-corrected chi connectivity index (χ1v) is 15.6. The lowest BCUT2D eigenvalue weighted by Gasteiger charge is -2.41. The largest absolute Gasteiger partial charge is 0.467 e. The molecular formula is C33H37N5O6S. The number of carbonyl (C=O) groups is 2. The van der Waals surface area contributed by atoms with E-state index in [4.69, 9.17) is 14.2 Å². The van der Waals surface area contributed by atoms with Crippen molar-refractivity contribution in [1.82, 2.24) is 20.1 Å². The molecular weight excluding hydrogens is 594 g/mol. The van der Waals surface area contributed by atoms with Crippen LogP contribution >= 0.6 is 11.8 Å². The lowest BCUT2D eigenvalue weighted by atomic mass is 9.91. The molecule has 1 saturated heterocycles. The summed E-state index contributed by atoms with van der Waals surface area (Å²) in [6, 6.07) is 23.0. The lowest BCUT2D eigenvalue weighted by molar-refractivity contribution is -0.268. The molecule has 0 spiro atoms. The van der Waals surface area contributed by atoms with Gasteiger partial charge in [-0.25, -0.2) is 9.59 Å². The SMILES string of the molecule is COC(=O)[C@H](Cc1ccccc1)NC(=O)Nc1cccc([C@H]2O[C@@H](CSc3nncn3C)[C@@H](C)[C@@H](c3ccc(CO)cc3)O2)c1. The number of hydrogen-bond acceptors (Lipinski definition) is 9. The van der Waals surface area contributed by atoms with Crippen LogP contribution < -0.4 is 10.6 Å². The fourth-order valence-corrected chi connectivity index (χ4v) is 6.19. The number of hydrogen-bond donors (Lipinski definition) is 3. The molecule has 11 nitrogen and oxygen atoms in total. The summed E-state index contributed by atoms with van der Waals surface area (Å²) in [5.41, 5.74) is 3.91. The highest BCUT2D eigenvalue weighted by atomic mass is 32.2. The third-order valence-corrected chi connectivity index (χ3v) is 8.78. The molecule has 12 heteroatoms. The van der Waals surface area contributed by atoms with Crippen LogP contribution in [0.2, 0.25) is 0 Å². The van der Waals surface area contributed by atoms with Gasteiger partial charge in [-0.15, -0.1) is 10.2 Å². The molecule has 3 N–H and O–H groups in total. The summed E-state index contributed by atoms with van der Waals surface area (Å²) < 4.78 is 19.9. The van der Waals surface area contributed by atoms with Crippen molar-refractivity contribution in [2.45, 2.75) is 49.6 Å². The highest BCUT2D eigenvalue weighted by Gasteiger charge is 2.38. The number of thioether (sulfide) groups is 1. The van der Waals surface area contributed by atoms with Crippen LogP contribution in [0.1, 0.15) is 41.6 Å². The van der Waals surface area contributed by atoms with Gasteiger partial charge in [-0.05, 0) is 28.8 Å². The van der Waals surface area contributed by atoms with Crippen LogP contribution in [-0.2, 0) is 39.1 Å². The number of aryl methyl sites for hydroxylation is 1. The van der Waals surface area contributed by atoms with E-state index < -0.39 is 24.3 Å². The van der Waals surface area contributed by atoms with Gasteiger partial charge in [-0.1, -0.05) is 85.4 Å².